The van der Waals surface area contributed by atoms with E-state index in [1.165, 1.54) is 0 Å². The van der Waals surface area contributed by atoms with Crippen LogP contribution in [0.1, 0.15) is 19.4 Å². The zero-order chi connectivity index (χ0) is 40.2. The van der Waals surface area contributed by atoms with Gasteiger partial charge < -0.3 is 52.7 Å². The molecule has 16 heteroatoms. The molecule has 264 valence electrons. The predicted molar refractivity (Wildman–Crippen MR) is 191 cm³/mol. The molecule has 12 nitrogen and oxygen atoms in total. The van der Waals surface area contributed by atoms with Gasteiger partial charge in [0.2, 0.25) is 16.5 Å². The molecule has 5 rings (SSSR count). The van der Waals surface area contributed by atoms with Crippen LogP contribution in [0.5, 0.6) is 11.5 Å². The summed E-state index contributed by atoms with van der Waals surface area (Å²) in [6.45, 7) is 3.56. The molecule has 2 aliphatic heterocycles. The fraction of sp³-hybridized carbons (Fsp3) is 0.485. The summed E-state index contributed by atoms with van der Waals surface area (Å²) >= 11 is 1.78. The molecule has 10 atom stereocenters. The molecule has 2 unspecified atom stereocenters. The van der Waals surface area contributed by atoms with Crippen LogP contribution in [-0.4, -0.2) is 132 Å². The molecule has 0 bridgehead atoms. The van der Waals surface area contributed by atoms with Crippen LogP contribution in [0.25, 0.3) is 6.08 Å². The van der Waals surface area contributed by atoms with Gasteiger partial charge in [-0.1, -0.05) is 30.3 Å². The minimum Gasteiger partial charge on any atom is -0.490 e. The molecule has 0 radical (unpaired) electrons. The monoisotopic (exact) mass is 727 g/mol. The van der Waals surface area contributed by atoms with Gasteiger partial charge in [-0.2, -0.15) is 0 Å². The second-order valence-corrected chi connectivity index (χ2v) is 13.0. The molecule has 0 spiro atoms. The van der Waals surface area contributed by atoms with E-state index in [0.29, 0.717) is 17.1 Å². The summed E-state index contributed by atoms with van der Waals surface area (Å²) < 4.78 is 94.5. The number of carbonyl (C=O) groups excluding carboxylic acids is 1. The Morgan fingerprint density at radius 1 is 1.00 bits per heavy atom. The predicted octanol–water partition coefficient (Wildman–Crippen LogP) is 0.790. The standard InChI is InChI=1S/C33H43B2NO11S2/c1-18(12-13-41-21-6-4-3-5-7-21)27-30(47-49-16-35)26(39)33(45-27)44-22-10-8-20(9-11-22)14-19(2)32(40)36-23-24(37)25(38)29-31(43-17-42-29)28(23)46-48-15-34/h3-12,14,23-31,33,37-39H,13,15-17,34-35H2,1-2H3,(H,36,40)/b18-12+,19-14+/t23?,24-,25+,26-,27?,28+,29+,30-,31-,33+/m0/s1/i34TD,35TD,37T,38T,39T. The van der Waals surface area contributed by atoms with Gasteiger partial charge >= 0.3 is 0 Å². The van der Waals surface area contributed by atoms with E-state index in [1.807, 2.05) is 43.3 Å². The Balaban J connectivity index is 1.25. The van der Waals surface area contributed by atoms with Crippen LogP contribution in [0.3, 0.4) is 0 Å². The van der Waals surface area contributed by atoms with Gasteiger partial charge in [-0.3, -0.25) is 4.79 Å². The number of ether oxygens (including phenoxy) is 5. The van der Waals surface area contributed by atoms with Gasteiger partial charge in [0.05, 0.1) is 6.04 Å². The molecule has 2 heterocycles. The highest BCUT2D eigenvalue weighted by Crippen LogP contribution is 2.35. The molecule has 4 N–H and O–H groups in total. The van der Waals surface area contributed by atoms with Crippen molar-refractivity contribution in [2.75, 3.05) is 24.7 Å². The Morgan fingerprint density at radius 3 is 2.43 bits per heavy atom. The van der Waals surface area contributed by atoms with Gasteiger partial charge in [-0.15, -0.1) is 0 Å². The van der Waals surface area contributed by atoms with Gasteiger partial charge in [0.15, 0.2) is 0 Å². The number of fused-ring (bicyclic) bond motifs is 1. The Morgan fingerprint density at radius 2 is 1.71 bits per heavy atom. The average Bonchev–Trinajstić information content (AvgIpc) is 3.81. The fourth-order valence-corrected chi connectivity index (χ4v) is 6.61. The topological polar surface area (TPSA) is 154 Å². The molecule has 1 amide bonds. The van der Waals surface area contributed by atoms with E-state index in [-0.39, 0.29) is 30.3 Å². The smallest absolute Gasteiger partial charge is 0.247 e. The highest BCUT2D eigenvalue weighted by atomic mass is 32.2. The van der Waals surface area contributed by atoms with Crippen molar-refractivity contribution in [1.29, 1.82) is 9.64 Å². The number of aliphatic hydroxyl groups is 3. The Kier molecular flexibility index (Phi) is 10.8. The van der Waals surface area contributed by atoms with Crippen LogP contribution in [0.2, 0.25) is 0 Å². The molecule has 3 aliphatic rings. The van der Waals surface area contributed by atoms with Crippen LogP contribution in [0.4, 0.5) is 0 Å². The molecule has 2 aromatic carbocycles. The molecule has 2 saturated heterocycles. The molecule has 1 aliphatic carbocycles. The normalized spacial score (nSPS) is 33.5. The summed E-state index contributed by atoms with van der Waals surface area (Å²) in [7, 11) is -2.28. The zero-order valence-corrected chi connectivity index (χ0v) is 28.5. The molecule has 2 aromatic rings. The average molecular weight is 728 g/mol. The zero-order valence-electron chi connectivity index (χ0n) is 33.9. The second-order valence-electron chi connectivity index (χ2n) is 11.5. The lowest BCUT2D eigenvalue weighted by Crippen LogP contribution is -2.67. The fourth-order valence-electron chi connectivity index (χ4n) is 5.70. The maximum Gasteiger partial charge on any atom is 0.247 e. The quantitative estimate of drug-likeness (QED) is 0.0659. The summed E-state index contributed by atoms with van der Waals surface area (Å²) in [6, 6.07) is 15.0. The Labute approximate surface area is 307 Å². The van der Waals surface area contributed by atoms with E-state index in [2.05, 4.69) is 5.32 Å². The Bertz CT molecular complexity index is 1600. The Hall–Kier alpha value is -2.50. The highest BCUT2D eigenvalue weighted by molar-refractivity contribution is 7.95. The summed E-state index contributed by atoms with van der Waals surface area (Å²) in [6.07, 6.45) is -4.87. The van der Waals surface area contributed by atoms with Gasteiger partial charge in [-0.05, 0) is 102 Å². The number of aliphatic hydroxyl groups excluding tert-OH is 3. The first-order valence-electron chi connectivity index (χ1n) is 19.2. The lowest BCUT2D eigenvalue weighted by Gasteiger charge is -2.43. The van der Waals surface area contributed by atoms with Crippen LogP contribution >= 0.6 is 24.1 Å². The van der Waals surface area contributed by atoms with Crippen molar-refractivity contribution in [3.8, 4) is 11.5 Å². The third kappa shape index (κ3) is 9.44. The molecule has 3 fully saturated rings. The van der Waals surface area contributed by atoms with Gasteiger partial charge in [0.25, 0.3) is 0 Å². The van der Waals surface area contributed by atoms with E-state index in [4.69, 9.17) is 57.0 Å². The molecule has 49 heavy (non-hydrogen) atoms. The van der Waals surface area contributed by atoms with E-state index >= 15 is 0 Å². The number of hydrogen-bond donors (Lipinski definition) is 4. The molecular formula is C33H43B2NO11S2. The van der Waals surface area contributed by atoms with Crippen LogP contribution in [0, 0.1) is 0 Å². The van der Waals surface area contributed by atoms with Crippen molar-refractivity contribution in [3.63, 3.8) is 0 Å². The number of rotatable bonds is 20. The molecule has 0 aromatic heterocycles. The third-order valence-electron chi connectivity index (χ3n) is 8.21. The van der Waals surface area contributed by atoms with Gasteiger partial charge in [0.1, 0.15) is 89.3 Å². The van der Waals surface area contributed by atoms with E-state index in [9.17, 15) is 4.79 Å². The number of amides is 1. The number of benzene rings is 2. The summed E-state index contributed by atoms with van der Waals surface area (Å²) in [5.41, 5.74) is 1.74. The van der Waals surface area contributed by atoms with Crippen molar-refractivity contribution in [1.82, 2.24) is 5.32 Å². The first-order valence-corrected chi connectivity index (χ1v) is 17.5. The molecular weight excluding hydrogens is 672 g/mol. The largest absolute Gasteiger partial charge is 0.490 e. The van der Waals surface area contributed by atoms with E-state index in [0.717, 1.165) is 29.7 Å². The van der Waals surface area contributed by atoms with Crippen molar-refractivity contribution >= 4 is 51.6 Å². The minimum atomic E-state index is -1.18. The molecule has 1 saturated carbocycles. The lowest BCUT2D eigenvalue weighted by atomic mass is 9.83. The second kappa shape index (κ2) is 18.1. The maximum absolute atomic E-state index is 13.5. The third-order valence-corrected chi connectivity index (χ3v) is 9.20. The first-order chi connectivity index (χ1) is 27.0. The summed E-state index contributed by atoms with van der Waals surface area (Å²) in [4.78, 5) is 13.5. The SMILES string of the molecule is [2H]B([3H])CSO[C@@H]1C(/C(C)=C/COc2ccccc2)O[C@@H](Oc2ccc(/C=C(\C)C(=O)NC3[C@@H](OSCB([2H])[3H])[C@@H]4OCO[C@@H]4[C@H](O[3H])[C@H]3O[3H])cc2)[C@H]1O[3H]. The van der Waals surface area contributed by atoms with E-state index < -0.39 is 82.6 Å². The van der Waals surface area contributed by atoms with Crippen molar-refractivity contribution in [2.24, 2.45) is 0 Å². The minimum absolute atomic E-state index is 0.0115. The van der Waals surface area contributed by atoms with Crippen molar-refractivity contribution < 1.29 is 52.2 Å². The van der Waals surface area contributed by atoms with Crippen molar-refractivity contribution in [2.45, 2.75) is 75.0 Å². The van der Waals surface area contributed by atoms with Crippen molar-refractivity contribution in [3.05, 3.63) is 77.4 Å². The number of nitrogens with one attached hydrogen (secondary N) is 1. The summed E-state index contributed by atoms with van der Waals surface area (Å²) in [5.74, 6) is 0.547. The van der Waals surface area contributed by atoms with E-state index in [1.54, 1.807) is 37.3 Å². The van der Waals surface area contributed by atoms with Crippen LogP contribution in [0.15, 0.2) is 71.8 Å². The van der Waals surface area contributed by atoms with Crippen LogP contribution < -0.4 is 14.8 Å². The highest BCUT2D eigenvalue weighted by Gasteiger charge is 2.55. The number of carbonyl (C=O) groups is 1. The first kappa shape index (κ1) is 29.1. The van der Waals surface area contributed by atoms with Crippen LogP contribution in [-0.2, 0) is 27.4 Å². The van der Waals surface area contributed by atoms with Gasteiger partial charge in [0, 0.05) is 5.57 Å². The lowest BCUT2D eigenvalue weighted by molar-refractivity contribution is -0.147. The maximum atomic E-state index is 13.5. The number of hydrogen-bond acceptors (Lipinski definition) is 13. The summed E-state index contributed by atoms with van der Waals surface area (Å²) in [5, 5.41) is 17.7. The van der Waals surface area contributed by atoms with Gasteiger partial charge in [-0.25, -0.2) is 0 Å². The number of para-hydroxylation sites is 1.